The Balaban J connectivity index is 2.13. The monoisotopic (exact) mass is 232 g/mol. The van der Waals surface area contributed by atoms with Crippen LogP contribution in [0.2, 0.25) is 0 Å². The molecule has 80 valence electrons. The highest BCUT2D eigenvalue weighted by molar-refractivity contribution is 7.12. The van der Waals surface area contributed by atoms with Gasteiger partial charge in [0.2, 0.25) is 0 Å². The van der Waals surface area contributed by atoms with E-state index in [1.54, 1.807) is 24.3 Å². The van der Waals surface area contributed by atoms with Gasteiger partial charge in [0.25, 0.3) is 0 Å². The second kappa shape index (κ2) is 4.86. The van der Waals surface area contributed by atoms with Crippen molar-refractivity contribution in [3.63, 3.8) is 0 Å². The van der Waals surface area contributed by atoms with E-state index in [0.717, 1.165) is 0 Å². The highest BCUT2D eigenvalue weighted by Gasteiger charge is 2.01. The maximum absolute atomic E-state index is 12.8. The summed E-state index contributed by atoms with van der Waals surface area (Å²) in [5, 5.41) is 1.85. The Morgan fingerprint density at radius 2 is 2.12 bits per heavy atom. The summed E-state index contributed by atoms with van der Waals surface area (Å²) in [6.45, 7) is 0. The predicted octanol–water partition coefficient (Wildman–Crippen LogP) is 3.78. The molecule has 0 atom stereocenters. The Morgan fingerprint density at radius 1 is 1.25 bits per heavy atom. The first-order chi connectivity index (χ1) is 7.75. The average molecular weight is 232 g/mol. The van der Waals surface area contributed by atoms with Crippen LogP contribution in [0.15, 0.2) is 47.9 Å². The number of ketones is 1. The summed E-state index contributed by atoms with van der Waals surface area (Å²) in [6, 6.07) is 9.72. The number of hydrogen-bond donors (Lipinski definition) is 0. The molecule has 2 rings (SSSR count). The molecule has 0 radical (unpaired) electrons. The normalized spacial score (nSPS) is 10.8. The molecular formula is C13H9FOS. The van der Waals surface area contributed by atoms with E-state index in [2.05, 4.69) is 0 Å². The van der Waals surface area contributed by atoms with E-state index in [4.69, 9.17) is 0 Å². The van der Waals surface area contributed by atoms with Crippen LogP contribution in [0.3, 0.4) is 0 Å². The van der Waals surface area contributed by atoms with Crippen molar-refractivity contribution in [1.82, 2.24) is 0 Å². The van der Waals surface area contributed by atoms with Gasteiger partial charge in [0, 0.05) is 0 Å². The molecular weight excluding hydrogens is 223 g/mol. The quantitative estimate of drug-likeness (QED) is 0.581. The summed E-state index contributed by atoms with van der Waals surface area (Å²) < 4.78 is 12.8. The number of carbonyl (C=O) groups excluding carboxylic acids is 1. The first-order valence-corrected chi connectivity index (χ1v) is 5.65. The lowest BCUT2D eigenvalue weighted by Gasteiger charge is -1.92. The SMILES string of the molecule is O=C(C=Cc1cccc(F)c1)c1cccs1. The van der Waals surface area contributed by atoms with Gasteiger partial charge in [-0.25, -0.2) is 4.39 Å². The third kappa shape index (κ3) is 2.64. The van der Waals surface area contributed by atoms with Gasteiger partial charge in [0.05, 0.1) is 4.88 Å². The van der Waals surface area contributed by atoms with Crippen molar-refractivity contribution in [3.05, 3.63) is 64.1 Å². The molecule has 0 bridgehead atoms. The largest absolute Gasteiger partial charge is 0.288 e. The van der Waals surface area contributed by atoms with Crippen molar-refractivity contribution in [2.45, 2.75) is 0 Å². The fourth-order valence-corrected chi connectivity index (χ4v) is 1.93. The number of hydrogen-bond acceptors (Lipinski definition) is 2. The van der Waals surface area contributed by atoms with E-state index in [1.807, 2.05) is 11.4 Å². The molecule has 1 aromatic heterocycles. The number of allylic oxidation sites excluding steroid dienone is 1. The van der Waals surface area contributed by atoms with Gasteiger partial charge in [-0.1, -0.05) is 24.3 Å². The van der Waals surface area contributed by atoms with Crippen LogP contribution in [0.25, 0.3) is 6.08 Å². The number of carbonyl (C=O) groups is 1. The Hall–Kier alpha value is -1.74. The maximum Gasteiger partial charge on any atom is 0.195 e. The zero-order valence-corrected chi connectivity index (χ0v) is 9.21. The lowest BCUT2D eigenvalue weighted by atomic mass is 10.2. The fraction of sp³-hybridized carbons (Fsp3) is 0. The summed E-state index contributed by atoms with van der Waals surface area (Å²) >= 11 is 1.39. The van der Waals surface area contributed by atoms with Crippen molar-refractivity contribution in [2.24, 2.45) is 0 Å². The predicted molar refractivity (Wildman–Crippen MR) is 64.1 cm³/mol. The van der Waals surface area contributed by atoms with Crippen LogP contribution < -0.4 is 0 Å². The van der Waals surface area contributed by atoms with Crippen LogP contribution in [0.5, 0.6) is 0 Å². The number of rotatable bonds is 3. The molecule has 0 unspecified atom stereocenters. The molecule has 0 N–H and O–H groups in total. The molecule has 0 spiro atoms. The minimum atomic E-state index is -0.300. The minimum absolute atomic E-state index is 0.0562. The summed E-state index contributed by atoms with van der Waals surface area (Å²) in [7, 11) is 0. The maximum atomic E-state index is 12.8. The number of thiophene rings is 1. The first kappa shape index (κ1) is 10.8. The lowest BCUT2D eigenvalue weighted by molar-refractivity contribution is 0.105. The van der Waals surface area contributed by atoms with Gasteiger partial charge in [0.1, 0.15) is 5.82 Å². The van der Waals surface area contributed by atoms with Gasteiger partial charge >= 0.3 is 0 Å². The van der Waals surface area contributed by atoms with Crippen LogP contribution in [-0.2, 0) is 0 Å². The van der Waals surface area contributed by atoms with E-state index >= 15 is 0 Å². The average Bonchev–Trinajstić information content (AvgIpc) is 2.79. The van der Waals surface area contributed by atoms with Crippen LogP contribution in [0.4, 0.5) is 4.39 Å². The van der Waals surface area contributed by atoms with E-state index < -0.39 is 0 Å². The molecule has 1 nitrogen and oxygen atoms in total. The van der Waals surface area contributed by atoms with Crippen molar-refractivity contribution in [1.29, 1.82) is 0 Å². The fourth-order valence-electron chi connectivity index (χ4n) is 1.28. The molecule has 16 heavy (non-hydrogen) atoms. The Kier molecular flexibility index (Phi) is 3.27. The van der Waals surface area contributed by atoms with E-state index in [1.165, 1.54) is 29.5 Å². The topological polar surface area (TPSA) is 17.1 Å². The zero-order valence-electron chi connectivity index (χ0n) is 8.39. The molecule has 0 aliphatic heterocycles. The van der Waals surface area contributed by atoms with Crippen molar-refractivity contribution in [3.8, 4) is 0 Å². The second-order valence-corrected chi connectivity index (χ2v) is 4.18. The third-order valence-corrected chi connectivity index (χ3v) is 2.92. The molecule has 0 saturated heterocycles. The minimum Gasteiger partial charge on any atom is -0.288 e. The van der Waals surface area contributed by atoms with Crippen LogP contribution in [0.1, 0.15) is 15.2 Å². The van der Waals surface area contributed by atoms with E-state index in [9.17, 15) is 9.18 Å². The molecule has 0 saturated carbocycles. The molecule has 3 heteroatoms. The first-order valence-electron chi connectivity index (χ1n) is 4.77. The Bertz CT molecular complexity index is 514. The molecule has 2 aromatic rings. The van der Waals surface area contributed by atoms with Gasteiger partial charge in [-0.05, 0) is 35.2 Å². The lowest BCUT2D eigenvalue weighted by Crippen LogP contribution is -1.88. The second-order valence-electron chi connectivity index (χ2n) is 3.23. The molecule has 1 heterocycles. The molecule has 0 fully saturated rings. The summed E-state index contributed by atoms with van der Waals surface area (Å²) in [4.78, 5) is 12.3. The number of benzene rings is 1. The van der Waals surface area contributed by atoms with Crippen molar-refractivity contribution >= 4 is 23.2 Å². The van der Waals surface area contributed by atoms with Gasteiger partial charge in [-0.3, -0.25) is 4.79 Å². The van der Waals surface area contributed by atoms with E-state index in [0.29, 0.717) is 10.4 Å². The molecule has 0 aliphatic rings. The molecule has 0 amide bonds. The Labute approximate surface area is 96.9 Å². The van der Waals surface area contributed by atoms with Gasteiger partial charge in [-0.2, -0.15) is 0 Å². The zero-order chi connectivity index (χ0) is 11.4. The highest BCUT2D eigenvalue weighted by Crippen LogP contribution is 2.11. The van der Waals surface area contributed by atoms with Crippen LogP contribution in [0, 0.1) is 5.82 Å². The summed E-state index contributed by atoms with van der Waals surface area (Å²) in [6.07, 6.45) is 3.08. The van der Waals surface area contributed by atoms with Crippen LogP contribution in [-0.4, -0.2) is 5.78 Å². The highest BCUT2D eigenvalue weighted by atomic mass is 32.1. The Morgan fingerprint density at radius 3 is 2.81 bits per heavy atom. The van der Waals surface area contributed by atoms with E-state index in [-0.39, 0.29) is 11.6 Å². The van der Waals surface area contributed by atoms with Crippen molar-refractivity contribution < 1.29 is 9.18 Å². The van der Waals surface area contributed by atoms with Gasteiger partial charge in [0.15, 0.2) is 5.78 Å². The van der Waals surface area contributed by atoms with Crippen molar-refractivity contribution in [2.75, 3.05) is 0 Å². The summed E-state index contributed by atoms with van der Waals surface area (Å²) in [5.74, 6) is -0.356. The smallest absolute Gasteiger partial charge is 0.195 e. The van der Waals surface area contributed by atoms with Gasteiger partial charge < -0.3 is 0 Å². The standard InChI is InChI=1S/C13H9FOS/c14-11-4-1-3-10(9-11)6-7-12(15)13-5-2-8-16-13/h1-9H. The summed E-state index contributed by atoms with van der Waals surface area (Å²) in [5.41, 5.74) is 0.685. The molecule has 1 aromatic carbocycles. The molecule has 0 aliphatic carbocycles. The third-order valence-electron chi connectivity index (χ3n) is 2.04. The number of halogens is 1. The van der Waals surface area contributed by atoms with Crippen LogP contribution >= 0.6 is 11.3 Å². The van der Waals surface area contributed by atoms with Gasteiger partial charge in [-0.15, -0.1) is 11.3 Å².